The highest BCUT2D eigenvalue weighted by atomic mass is 32.1. The Morgan fingerprint density at radius 1 is 1.12 bits per heavy atom. The Morgan fingerprint density at radius 3 is 2.65 bits per heavy atom. The van der Waals surface area contributed by atoms with Gasteiger partial charge in [-0.15, -0.1) is 11.3 Å². The molecule has 0 aliphatic carbocycles. The summed E-state index contributed by atoms with van der Waals surface area (Å²) in [6.07, 6.45) is 5.63. The van der Waals surface area contributed by atoms with Gasteiger partial charge in [-0.05, 0) is 22.6 Å². The highest BCUT2D eigenvalue weighted by molar-refractivity contribution is 7.13. The zero-order valence-electron chi connectivity index (χ0n) is 9.28. The van der Waals surface area contributed by atoms with Crippen LogP contribution in [0.25, 0.3) is 10.4 Å². The summed E-state index contributed by atoms with van der Waals surface area (Å²) in [4.78, 5) is 5.36. The smallest absolute Gasteiger partial charge is 0.0949 e. The molecule has 2 aromatic heterocycles. The first-order valence-corrected chi connectivity index (χ1v) is 6.38. The number of imidazole rings is 1. The van der Waals surface area contributed by atoms with E-state index in [-0.39, 0.29) is 0 Å². The summed E-state index contributed by atoms with van der Waals surface area (Å²) in [6.45, 7) is 0.880. The van der Waals surface area contributed by atoms with Crippen LogP contribution in [0, 0.1) is 0 Å². The first-order chi connectivity index (χ1) is 8.42. The molecule has 2 heterocycles. The van der Waals surface area contributed by atoms with E-state index < -0.39 is 0 Å². The van der Waals surface area contributed by atoms with E-state index >= 15 is 0 Å². The van der Waals surface area contributed by atoms with E-state index in [0.29, 0.717) is 0 Å². The molecule has 0 radical (unpaired) electrons. The fourth-order valence-electron chi connectivity index (χ4n) is 1.81. The average molecular weight is 240 g/mol. The Balaban J connectivity index is 1.81. The predicted octanol–water partition coefficient (Wildman–Crippen LogP) is 3.66. The van der Waals surface area contributed by atoms with Gasteiger partial charge in [0.2, 0.25) is 0 Å². The monoisotopic (exact) mass is 240 g/mol. The lowest BCUT2D eigenvalue weighted by Gasteiger charge is -2.03. The molecule has 0 atom stereocenters. The molecule has 0 aliphatic heterocycles. The zero-order valence-corrected chi connectivity index (χ0v) is 10.1. The maximum Gasteiger partial charge on any atom is 0.0949 e. The Bertz CT molecular complexity index is 565. The second-order valence-electron chi connectivity index (χ2n) is 3.91. The SMILES string of the molecule is c1csc(-c2ccc(Cn3ccnc3)cc2)c1. The number of hydrogen-bond acceptors (Lipinski definition) is 2. The van der Waals surface area contributed by atoms with E-state index in [1.54, 1.807) is 17.5 Å². The Labute approximate surface area is 104 Å². The molecule has 17 heavy (non-hydrogen) atoms. The largest absolute Gasteiger partial charge is 0.333 e. The predicted molar refractivity (Wildman–Crippen MR) is 71.1 cm³/mol. The second kappa shape index (κ2) is 4.55. The zero-order chi connectivity index (χ0) is 11.5. The Hall–Kier alpha value is -1.87. The summed E-state index contributed by atoms with van der Waals surface area (Å²) in [5.74, 6) is 0. The summed E-state index contributed by atoms with van der Waals surface area (Å²) in [5, 5.41) is 2.11. The molecule has 0 saturated heterocycles. The van der Waals surface area contributed by atoms with Gasteiger partial charge in [0, 0.05) is 23.8 Å². The van der Waals surface area contributed by atoms with Gasteiger partial charge in [-0.25, -0.2) is 4.98 Å². The summed E-state index contributed by atoms with van der Waals surface area (Å²) in [6, 6.07) is 12.9. The van der Waals surface area contributed by atoms with Gasteiger partial charge in [0.25, 0.3) is 0 Å². The molecular weight excluding hydrogens is 228 g/mol. The number of nitrogens with zero attached hydrogens (tertiary/aromatic N) is 2. The van der Waals surface area contributed by atoms with Crippen LogP contribution in [0.1, 0.15) is 5.56 Å². The van der Waals surface area contributed by atoms with E-state index in [1.807, 2.05) is 12.5 Å². The van der Waals surface area contributed by atoms with E-state index in [1.165, 1.54) is 16.0 Å². The standard InChI is InChI=1S/C14H12N2S/c1-2-14(17-9-1)13-5-3-12(4-6-13)10-16-8-7-15-11-16/h1-9,11H,10H2. The quantitative estimate of drug-likeness (QED) is 0.683. The lowest BCUT2D eigenvalue weighted by atomic mass is 10.1. The third-order valence-electron chi connectivity index (χ3n) is 2.68. The number of hydrogen-bond donors (Lipinski definition) is 0. The molecule has 3 heteroatoms. The van der Waals surface area contributed by atoms with Crippen molar-refractivity contribution in [1.29, 1.82) is 0 Å². The fraction of sp³-hybridized carbons (Fsp3) is 0.0714. The Kier molecular flexibility index (Phi) is 2.76. The maximum atomic E-state index is 4.04. The molecule has 0 amide bonds. The van der Waals surface area contributed by atoms with E-state index in [0.717, 1.165) is 6.54 Å². The van der Waals surface area contributed by atoms with E-state index in [9.17, 15) is 0 Å². The van der Waals surface area contributed by atoms with Crippen LogP contribution in [0.5, 0.6) is 0 Å². The van der Waals surface area contributed by atoms with Crippen molar-refractivity contribution >= 4 is 11.3 Å². The molecule has 0 N–H and O–H groups in total. The topological polar surface area (TPSA) is 17.8 Å². The van der Waals surface area contributed by atoms with Gasteiger partial charge in [-0.1, -0.05) is 30.3 Å². The minimum Gasteiger partial charge on any atom is -0.333 e. The normalized spacial score (nSPS) is 10.6. The van der Waals surface area contributed by atoms with Crippen molar-refractivity contribution in [2.45, 2.75) is 6.54 Å². The average Bonchev–Trinajstić information content (AvgIpc) is 3.01. The molecule has 3 aromatic rings. The van der Waals surface area contributed by atoms with E-state index in [2.05, 4.69) is 51.3 Å². The Morgan fingerprint density at radius 2 is 2.00 bits per heavy atom. The number of thiophene rings is 1. The van der Waals surface area contributed by atoms with Crippen LogP contribution < -0.4 is 0 Å². The van der Waals surface area contributed by atoms with Crippen molar-refractivity contribution in [3.63, 3.8) is 0 Å². The molecule has 0 fully saturated rings. The van der Waals surface area contributed by atoms with Crippen LogP contribution in [-0.2, 0) is 6.54 Å². The number of rotatable bonds is 3. The van der Waals surface area contributed by atoms with Crippen molar-refractivity contribution in [2.24, 2.45) is 0 Å². The summed E-state index contributed by atoms with van der Waals surface area (Å²) >= 11 is 1.77. The van der Waals surface area contributed by atoms with Crippen LogP contribution >= 0.6 is 11.3 Å². The third-order valence-corrected chi connectivity index (χ3v) is 3.60. The van der Waals surface area contributed by atoms with Gasteiger partial charge >= 0.3 is 0 Å². The van der Waals surface area contributed by atoms with Gasteiger partial charge in [-0.2, -0.15) is 0 Å². The summed E-state index contributed by atoms with van der Waals surface area (Å²) < 4.78 is 2.07. The van der Waals surface area contributed by atoms with Crippen molar-refractivity contribution in [1.82, 2.24) is 9.55 Å². The van der Waals surface area contributed by atoms with Crippen LogP contribution in [0.3, 0.4) is 0 Å². The third kappa shape index (κ3) is 2.29. The first kappa shape index (κ1) is 10.3. The fourth-order valence-corrected chi connectivity index (χ4v) is 2.54. The van der Waals surface area contributed by atoms with Gasteiger partial charge in [0.1, 0.15) is 0 Å². The minimum absolute atomic E-state index is 0.880. The maximum absolute atomic E-state index is 4.04. The lowest BCUT2D eigenvalue weighted by molar-refractivity contribution is 0.797. The van der Waals surface area contributed by atoms with Crippen molar-refractivity contribution in [3.8, 4) is 10.4 Å². The molecule has 2 nitrogen and oxygen atoms in total. The summed E-state index contributed by atoms with van der Waals surface area (Å²) in [7, 11) is 0. The molecule has 0 unspecified atom stereocenters. The molecule has 0 saturated carbocycles. The van der Waals surface area contributed by atoms with Crippen molar-refractivity contribution < 1.29 is 0 Å². The van der Waals surface area contributed by atoms with Crippen molar-refractivity contribution in [3.05, 3.63) is 66.1 Å². The molecule has 84 valence electrons. The molecule has 0 spiro atoms. The van der Waals surface area contributed by atoms with Crippen LogP contribution in [0.4, 0.5) is 0 Å². The molecule has 0 bridgehead atoms. The highest BCUT2D eigenvalue weighted by Gasteiger charge is 1.99. The van der Waals surface area contributed by atoms with Crippen molar-refractivity contribution in [2.75, 3.05) is 0 Å². The van der Waals surface area contributed by atoms with Gasteiger partial charge in [-0.3, -0.25) is 0 Å². The number of aromatic nitrogens is 2. The van der Waals surface area contributed by atoms with Gasteiger partial charge in [0.15, 0.2) is 0 Å². The van der Waals surface area contributed by atoms with Crippen LogP contribution in [-0.4, -0.2) is 9.55 Å². The lowest BCUT2D eigenvalue weighted by Crippen LogP contribution is -1.95. The minimum atomic E-state index is 0.880. The van der Waals surface area contributed by atoms with Crippen LogP contribution in [0.2, 0.25) is 0 Å². The van der Waals surface area contributed by atoms with Crippen LogP contribution in [0.15, 0.2) is 60.5 Å². The first-order valence-electron chi connectivity index (χ1n) is 5.50. The molecule has 3 rings (SSSR count). The summed E-state index contributed by atoms with van der Waals surface area (Å²) in [5.41, 5.74) is 2.58. The van der Waals surface area contributed by atoms with Gasteiger partial charge < -0.3 is 4.57 Å². The van der Waals surface area contributed by atoms with E-state index in [4.69, 9.17) is 0 Å². The highest BCUT2D eigenvalue weighted by Crippen LogP contribution is 2.24. The second-order valence-corrected chi connectivity index (χ2v) is 4.86. The molecule has 1 aromatic carbocycles. The molecule has 0 aliphatic rings. The number of benzene rings is 1. The van der Waals surface area contributed by atoms with Gasteiger partial charge in [0.05, 0.1) is 6.33 Å². The molecular formula is C14H12N2S.